The first-order valence-electron chi connectivity index (χ1n) is 26.9. The monoisotopic (exact) mass is 954 g/mol. The smallest absolute Gasteiger partial charge is 0.252 e. The minimum absolute atomic E-state index is 0.0200. The first kappa shape index (κ1) is 45.9. The molecule has 73 heavy (non-hydrogen) atoms. The Morgan fingerprint density at radius 2 is 0.986 bits per heavy atom. The lowest BCUT2D eigenvalue weighted by Gasteiger charge is -2.51. The van der Waals surface area contributed by atoms with E-state index in [0.29, 0.717) is 0 Å². The van der Waals surface area contributed by atoms with Crippen molar-refractivity contribution < 1.29 is 4.42 Å². The molecule has 2 atom stereocenters. The van der Waals surface area contributed by atoms with Gasteiger partial charge in [-0.25, -0.2) is 0 Å². The van der Waals surface area contributed by atoms with Gasteiger partial charge in [0.2, 0.25) is 0 Å². The summed E-state index contributed by atoms with van der Waals surface area (Å²) in [4.78, 5) is 8.03. The van der Waals surface area contributed by atoms with E-state index in [-0.39, 0.29) is 33.9 Å². The van der Waals surface area contributed by atoms with Crippen molar-refractivity contribution in [2.24, 2.45) is 0 Å². The van der Waals surface area contributed by atoms with Crippen LogP contribution in [0.5, 0.6) is 0 Å². The molecule has 0 N–H and O–H groups in total. The maximum Gasteiger partial charge on any atom is 0.252 e. The summed E-state index contributed by atoms with van der Waals surface area (Å²) in [6.07, 6.45) is 4.68. The maximum absolute atomic E-state index is 6.52. The minimum atomic E-state index is -0.176. The summed E-state index contributed by atoms with van der Waals surface area (Å²) in [7, 11) is 0. The Kier molecular flexibility index (Phi) is 9.90. The fourth-order valence-electron chi connectivity index (χ4n) is 13.5. The van der Waals surface area contributed by atoms with Gasteiger partial charge in [-0.3, -0.25) is 0 Å². The second-order valence-corrected chi connectivity index (χ2v) is 25.4. The van der Waals surface area contributed by atoms with Crippen LogP contribution in [-0.2, 0) is 21.7 Å². The molecule has 1 saturated carbocycles. The SMILES string of the molecule is CC(C)(C)c1ccc(N2c3ccc(C(C)(C)C)cc3B3c4cc(C(C)(C)C)ccc4N(c4ccc5oc6ccccc6c5c4)c4cc(N5c6ccc(-c7ccccc7)cc6C6(C)CCCCC56C)cc2c43)cc1. The quantitative estimate of drug-likeness (QED) is 0.164. The number of anilines is 8. The molecule has 4 heterocycles. The summed E-state index contributed by atoms with van der Waals surface area (Å²) in [5.74, 6) is 0. The Balaban J connectivity index is 1.15. The van der Waals surface area contributed by atoms with Crippen LogP contribution in [0.1, 0.15) is 124 Å². The fraction of sp³-hybridized carbons (Fsp3) is 0.294. The van der Waals surface area contributed by atoms with E-state index in [4.69, 9.17) is 4.42 Å². The third-order valence-electron chi connectivity index (χ3n) is 17.9. The molecule has 0 amide bonds. The van der Waals surface area contributed by atoms with Gasteiger partial charge in [0.25, 0.3) is 6.71 Å². The molecule has 1 fully saturated rings. The molecule has 0 radical (unpaired) electrons. The highest BCUT2D eigenvalue weighted by Crippen LogP contribution is 2.62. The average molecular weight is 954 g/mol. The van der Waals surface area contributed by atoms with Crippen LogP contribution in [0.15, 0.2) is 168 Å². The van der Waals surface area contributed by atoms with Gasteiger partial charge in [-0.2, -0.15) is 0 Å². The van der Waals surface area contributed by atoms with Crippen molar-refractivity contribution in [1.29, 1.82) is 0 Å². The van der Waals surface area contributed by atoms with Crippen LogP contribution < -0.4 is 31.1 Å². The van der Waals surface area contributed by atoms with Crippen molar-refractivity contribution in [2.45, 2.75) is 129 Å². The zero-order valence-corrected chi connectivity index (χ0v) is 44.7. The van der Waals surface area contributed by atoms with Crippen molar-refractivity contribution >= 4 is 90.5 Å². The normalized spacial score (nSPS) is 19.2. The lowest BCUT2D eigenvalue weighted by molar-refractivity contribution is 0.195. The molecular formula is C68H68BN3O. The molecule has 1 aliphatic carbocycles. The van der Waals surface area contributed by atoms with E-state index < -0.39 is 0 Å². The Labute approximate surface area is 433 Å². The largest absolute Gasteiger partial charge is 0.456 e. The molecule has 1 aromatic heterocycles. The second kappa shape index (κ2) is 15.8. The van der Waals surface area contributed by atoms with Crippen LogP contribution in [0.2, 0.25) is 0 Å². The Morgan fingerprint density at radius 3 is 1.63 bits per heavy atom. The predicted octanol–water partition coefficient (Wildman–Crippen LogP) is 17.0. The van der Waals surface area contributed by atoms with Gasteiger partial charge in [0.15, 0.2) is 0 Å². The van der Waals surface area contributed by atoms with Crippen molar-refractivity contribution in [2.75, 3.05) is 14.7 Å². The lowest BCUT2D eigenvalue weighted by Crippen LogP contribution is -2.62. The Morgan fingerprint density at radius 1 is 0.438 bits per heavy atom. The van der Waals surface area contributed by atoms with Crippen LogP contribution >= 0.6 is 0 Å². The molecule has 2 unspecified atom stereocenters. The van der Waals surface area contributed by atoms with Crippen molar-refractivity contribution in [3.05, 3.63) is 186 Å². The van der Waals surface area contributed by atoms with E-state index in [2.05, 4.69) is 255 Å². The molecule has 0 spiro atoms. The molecule has 5 heteroatoms. The summed E-state index contributed by atoms with van der Waals surface area (Å²) >= 11 is 0. The molecule has 3 aliphatic heterocycles. The van der Waals surface area contributed by atoms with E-state index in [0.717, 1.165) is 40.5 Å². The third kappa shape index (κ3) is 6.86. The van der Waals surface area contributed by atoms with Crippen LogP contribution in [0, 0.1) is 0 Å². The van der Waals surface area contributed by atoms with Gasteiger partial charge in [0, 0.05) is 61.7 Å². The van der Waals surface area contributed by atoms with Gasteiger partial charge in [-0.1, -0.05) is 173 Å². The van der Waals surface area contributed by atoms with Gasteiger partial charge in [-0.15, -0.1) is 0 Å². The van der Waals surface area contributed by atoms with Crippen LogP contribution in [0.25, 0.3) is 33.1 Å². The van der Waals surface area contributed by atoms with E-state index in [1.807, 2.05) is 0 Å². The van der Waals surface area contributed by atoms with E-state index in [1.54, 1.807) is 0 Å². The van der Waals surface area contributed by atoms with Gasteiger partial charge in [-0.05, 0) is 159 Å². The number of furan rings is 1. The molecule has 0 saturated heterocycles. The zero-order valence-electron chi connectivity index (χ0n) is 44.7. The molecular weight excluding hydrogens is 886 g/mol. The third-order valence-corrected chi connectivity index (χ3v) is 17.9. The van der Waals surface area contributed by atoms with Crippen LogP contribution in [-0.4, -0.2) is 12.3 Å². The number of nitrogens with zero attached hydrogens (tertiary/aromatic N) is 3. The molecule has 8 aromatic carbocycles. The second-order valence-electron chi connectivity index (χ2n) is 25.4. The summed E-state index contributed by atoms with van der Waals surface area (Å²) in [5, 5.41) is 2.26. The maximum atomic E-state index is 6.52. The lowest BCUT2D eigenvalue weighted by atomic mass is 9.33. The highest BCUT2D eigenvalue weighted by molar-refractivity contribution is 7.00. The molecule has 364 valence electrons. The summed E-state index contributed by atoms with van der Waals surface area (Å²) < 4.78 is 6.52. The summed E-state index contributed by atoms with van der Waals surface area (Å²) in [6.45, 7) is 26.2. The minimum Gasteiger partial charge on any atom is -0.456 e. The van der Waals surface area contributed by atoms with Gasteiger partial charge >= 0.3 is 0 Å². The summed E-state index contributed by atoms with van der Waals surface area (Å²) in [5.41, 5.74) is 23.3. The van der Waals surface area contributed by atoms with Crippen molar-refractivity contribution in [3.8, 4) is 11.1 Å². The number of para-hydroxylation sites is 1. The number of benzene rings is 8. The van der Waals surface area contributed by atoms with Gasteiger partial charge in [0.1, 0.15) is 11.2 Å². The van der Waals surface area contributed by atoms with Crippen molar-refractivity contribution in [1.82, 2.24) is 0 Å². The topological polar surface area (TPSA) is 22.9 Å². The standard InChI is InChI=1S/C68H68BN3O/c1-64(2,3)45-24-28-48(29-25-45)70-57-32-26-46(65(4,5)6)38-54(57)69-55-39-47(66(7,8)9)27-33-58(55)71(49-30-34-62-52(40-49)51-21-15-16-22-61(51)73-62)60-42-50(41-59(70)63(60)69)72-56-31-23-44(43-19-13-12-14-20-43)37-53(56)67(10)35-17-18-36-68(67,72)11/h12-16,19-34,37-42H,17-18,35-36H2,1-11H3. The van der Waals surface area contributed by atoms with Gasteiger partial charge in [0.05, 0.1) is 5.54 Å². The van der Waals surface area contributed by atoms with Crippen LogP contribution in [0.3, 0.4) is 0 Å². The number of rotatable bonds is 4. The van der Waals surface area contributed by atoms with E-state index in [9.17, 15) is 0 Å². The predicted molar refractivity (Wildman–Crippen MR) is 312 cm³/mol. The number of hydrogen-bond acceptors (Lipinski definition) is 4. The number of hydrogen-bond donors (Lipinski definition) is 0. The molecule has 4 aliphatic rings. The molecule has 9 aromatic rings. The Bertz CT molecular complexity index is 3700. The van der Waals surface area contributed by atoms with E-state index >= 15 is 0 Å². The highest BCUT2D eigenvalue weighted by Gasteiger charge is 2.58. The first-order valence-corrected chi connectivity index (χ1v) is 26.9. The van der Waals surface area contributed by atoms with Crippen molar-refractivity contribution in [3.63, 3.8) is 0 Å². The fourth-order valence-corrected chi connectivity index (χ4v) is 13.5. The van der Waals surface area contributed by atoms with E-state index in [1.165, 1.54) is 102 Å². The van der Waals surface area contributed by atoms with Crippen LogP contribution in [0.4, 0.5) is 45.5 Å². The van der Waals surface area contributed by atoms with Gasteiger partial charge < -0.3 is 19.1 Å². The summed E-state index contributed by atoms with van der Waals surface area (Å²) in [6, 6.07) is 63.1. The first-order chi connectivity index (χ1) is 34.8. The Hall–Kier alpha value is -6.98. The molecule has 0 bridgehead atoms. The highest BCUT2D eigenvalue weighted by atomic mass is 16.3. The number of fused-ring (bicyclic) bond motifs is 10. The zero-order chi connectivity index (χ0) is 50.6. The molecule has 13 rings (SSSR count). The molecule has 4 nitrogen and oxygen atoms in total. The average Bonchev–Trinajstić information content (AvgIpc) is 3.84.